The Balaban J connectivity index is 1.63. The molecule has 0 atom stereocenters. The van der Waals surface area contributed by atoms with Crippen molar-refractivity contribution < 1.29 is 5.11 Å². The molecule has 0 amide bonds. The first-order valence-electron chi connectivity index (χ1n) is 9.77. The summed E-state index contributed by atoms with van der Waals surface area (Å²) >= 11 is 0. The maximum absolute atomic E-state index is 9.58. The molecule has 0 aliphatic rings. The topological polar surface area (TPSA) is 85.7 Å². The number of pyridine rings is 1. The molecule has 0 bridgehead atoms. The van der Waals surface area contributed by atoms with Crippen LogP contribution < -0.4 is 0 Å². The number of aromatic nitrogens is 3. The predicted octanol–water partition coefficient (Wildman–Crippen LogP) is 4.99. The third-order valence-electron chi connectivity index (χ3n) is 5.49. The van der Waals surface area contributed by atoms with E-state index < -0.39 is 0 Å². The van der Waals surface area contributed by atoms with Gasteiger partial charge in [0.05, 0.1) is 17.6 Å². The molecule has 5 heteroatoms. The number of aliphatic hydroxyl groups is 1. The lowest BCUT2D eigenvalue weighted by molar-refractivity contribution is 0.283. The zero-order chi connectivity index (χ0) is 20.7. The number of H-pyrrole nitrogens is 1. The van der Waals surface area contributed by atoms with Gasteiger partial charge in [0, 0.05) is 34.5 Å². The van der Waals surface area contributed by atoms with Crippen LogP contribution in [0.5, 0.6) is 0 Å². The zero-order valence-corrected chi connectivity index (χ0v) is 16.5. The van der Waals surface area contributed by atoms with Crippen LogP contribution in [0.4, 0.5) is 0 Å². The molecule has 5 aromatic rings. The summed E-state index contributed by atoms with van der Waals surface area (Å²) in [5.74, 6) is 0.488. The average molecular weight is 392 g/mol. The molecule has 2 aromatic heterocycles. The first-order valence-corrected chi connectivity index (χ1v) is 9.77. The number of nitrogens with one attached hydrogen (secondary N) is 2. The summed E-state index contributed by atoms with van der Waals surface area (Å²) in [7, 11) is 0. The Morgan fingerprint density at radius 3 is 2.77 bits per heavy atom. The molecule has 0 fully saturated rings. The maximum atomic E-state index is 9.58. The highest BCUT2D eigenvalue weighted by Crippen LogP contribution is 2.30. The Hall–Kier alpha value is -3.83. The molecular weight excluding hydrogens is 372 g/mol. The van der Waals surface area contributed by atoms with Gasteiger partial charge in [0.15, 0.2) is 5.82 Å². The predicted molar refractivity (Wildman–Crippen MR) is 120 cm³/mol. The van der Waals surface area contributed by atoms with Crippen LogP contribution in [0.3, 0.4) is 0 Å². The number of aromatic amines is 1. The second-order valence-corrected chi connectivity index (χ2v) is 7.37. The van der Waals surface area contributed by atoms with Crippen LogP contribution in [0.1, 0.15) is 22.5 Å². The molecule has 0 radical (unpaired) electrons. The number of rotatable bonds is 4. The van der Waals surface area contributed by atoms with Gasteiger partial charge < -0.3 is 10.1 Å². The highest BCUT2D eigenvalue weighted by molar-refractivity contribution is 6.11. The highest BCUT2D eigenvalue weighted by atomic mass is 16.3. The molecule has 30 heavy (non-hydrogen) atoms. The normalized spacial score (nSPS) is 11.3. The van der Waals surface area contributed by atoms with Crippen molar-refractivity contribution in [3.8, 4) is 11.1 Å². The summed E-state index contributed by atoms with van der Waals surface area (Å²) in [5.41, 5.74) is 6.44. The zero-order valence-electron chi connectivity index (χ0n) is 16.5. The van der Waals surface area contributed by atoms with E-state index in [1.165, 1.54) is 0 Å². The van der Waals surface area contributed by atoms with Crippen molar-refractivity contribution in [1.82, 2.24) is 15.0 Å². The number of hydrogen-bond donors (Lipinski definition) is 3. The van der Waals surface area contributed by atoms with Gasteiger partial charge in [0.2, 0.25) is 0 Å². The smallest absolute Gasteiger partial charge is 0.157 e. The lowest BCUT2D eigenvalue weighted by Crippen LogP contribution is -2.06. The van der Waals surface area contributed by atoms with Crippen molar-refractivity contribution in [2.24, 2.45) is 0 Å². The van der Waals surface area contributed by atoms with Crippen molar-refractivity contribution in [3.05, 3.63) is 95.6 Å². The Bertz CT molecular complexity index is 1410. The van der Waals surface area contributed by atoms with Crippen LogP contribution in [0.2, 0.25) is 0 Å². The number of fused-ring (bicyclic) bond motifs is 2. The quantitative estimate of drug-likeness (QED) is 0.376. The molecule has 5 nitrogen and oxygen atoms in total. The molecule has 5 rings (SSSR count). The fourth-order valence-corrected chi connectivity index (χ4v) is 3.87. The van der Waals surface area contributed by atoms with E-state index in [0.717, 1.165) is 44.1 Å². The SMILES string of the molecule is Cc1ccc(-c2cncc3ccccc23)cc1C(=N)c1nc2c(CO)cccc2[nH]1. The van der Waals surface area contributed by atoms with Gasteiger partial charge >= 0.3 is 0 Å². The molecule has 0 spiro atoms. The van der Waals surface area contributed by atoms with E-state index in [0.29, 0.717) is 17.1 Å². The molecule has 146 valence electrons. The summed E-state index contributed by atoms with van der Waals surface area (Å²) in [6, 6.07) is 19.9. The molecule has 3 aromatic carbocycles. The fraction of sp³-hybridized carbons (Fsp3) is 0.0800. The van der Waals surface area contributed by atoms with Crippen molar-refractivity contribution in [3.63, 3.8) is 0 Å². The van der Waals surface area contributed by atoms with Crippen molar-refractivity contribution in [2.75, 3.05) is 0 Å². The molecular formula is C25H20N4O. The van der Waals surface area contributed by atoms with E-state index in [-0.39, 0.29) is 6.61 Å². The minimum Gasteiger partial charge on any atom is -0.392 e. The van der Waals surface area contributed by atoms with Gasteiger partial charge in [-0.05, 0) is 35.6 Å². The molecule has 3 N–H and O–H groups in total. The lowest BCUT2D eigenvalue weighted by atomic mass is 9.95. The summed E-state index contributed by atoms with van der Waals surface area (Å²) in [6.07, 6.45) is 3.73. The molecule has 2 heterocycles. The number of para-hydroxylation sites is 1. The van der Waals surface area contributed by atoms with Gasteiger partial charge in [0.1, 0.15) is 5.71 Å². The molecule has 0 saturated heterocycles. The van der Waals surface area contributed by atoms with E-state index >= 15 is 0 Å². The summed E-state index contributed by atoms with van der Waals surface area (Å²) in [6.45, 7) is 1.91. The summed E-state index contributed by atoms with van der Waals surface area (Å²) in [5, 5.41) is 20.6. The molecule has 0 saturated carbocycles. The third-order valence-corrected chi connectivity index (χ3v) is 5.49. The van der Waals surface area contributed by atoms with Crippen molar-refractivity contribution >= 4 is 27.5 Å². The standard InChI is InChI=1S/C25H20N4O/c1-15-9-10-16(21-13-27-12-17-5-2-3-7-19(17)21)11-20(15)23(26)25-28-22-8-4-6-18(14-30)24(22)29-25/h2-13,26,30H,14H2,1H3,(H,28,29). The monoisotopic (exact) mass is 392 g/mol. The first-order chi connectivity index (χ1) is 14.7. The van der Waals surface area contributed by atoms with Crippen LogP contribution in [-0.4, -0.2) is 25.8 Å². The fourth-order valence-electron chi connectivity index (χ4n) is 3.87. The van der Waals surface area contributed by atoms with Gasteiger partial charge in [-0.15, -0.1) is 0 Å². The second-order valence-electron chi connectivity index (χ2n) is 7.37. The highest BCUT2D eigenvalue weighted by Gasteiger charge is 2.15. The number of benzene rings is 3. The Morgan fingerprint density at radius 2 is 1.90 bits per heavy atom. The van der Waals surface area contributed by atoms with Crippen LogP contribution in [0, 0.1) is 12.3 Å². The Morgan fingerprint density at radius 1 is 1.03 bits per heavy atom. The van der Waals surface area contributed by atoms with Gasteiger partial charge in [-0.3, -0.25) is 10.4 Å². The number of aliphatic hydroxyl groups excluding tert-OH is 1. The second kappa shape index (κ2) is 7.21. The number of aryl methyl sites for hydroxylation is 1. The van der Waals surface area contributed by atoms with E-state index in [9.17, 15) is 5.11 Å². The number of nitrogens with zero attached hydrogens (tertiary/aromatic N) is 2. The van der Waals surface area contributed by atoms with Gasteiger partial charge in [0.25, 0.3) is 0 Å². The van der Waals surface area contributed by atoms with Crippen LogP contribution in [0.25, 0.3) is 32.9 Å². The van der Waals surface area contributed by atoms with Gasteiger partial charge in [-0.2, -0.15) is 0 Å². The van der Waals surface area contributed by atoms with Gasteiger partial charge in [-0.1, -0.05) is 48.5 Å². The van der Waals surface area contributed by atoms with E-state index in [1.807, 2.05) is 61.8 Å². The Kier molecular flexibility index (Phi) is 4.38. The van der Waals surface area contributed by atoms with Crippen LogP contribution in [-0.2, 0) is 6.61 Å². The third kappa shape index (κ3) is 2.96. The summed E-state index contributed by atoms with van der Waals surface area (Å²) < 4.78 is 0. The molecule has 0 aliphatic heterocycles. The summed E-state index contributed by atoms with van der Waals surface area (Å²) in [4.78, 5) is 12.2. The average Bonchev–Trinajstić information content (AvgIpc) is 3.23. The lowest BCUT2D eigenvalue weighted by Gasteiger charge is -2.11. The van der Waals surface area contributed by atoms with E-state index in [2.05, 4.69) is 33.2 Å². The van der Waals surface area contributed by atoms with Crippen molar-refractivity contribution in [1.29, 1.82) is 5.41 Å². The van der Waals surface area contributed by atoms with Gasteiger partial charge in [-0.25, -0.2) is 4.98 Å². The number of hydrogen-bond acceptors (Lipinski definition) is 4. The van der Waals surface area contributed by atoms with E-state index in [4.69, 9.17) is 5.41 Å². The molecule has 0 aliphatic carbocycles. The minimum atomic E-state index is -0.0858. The number of imidazole rings is 1. The van der Waals surface area contributed by atoms with Crippen LogP contribution in [0.15, 0.2) is 73.1 Å². The maximum Gasteiger partial charge on any atom is 0.157 e. The molecule has 0 unspecified atom stereocenters. The van der Waals surface area contributed by atoms with Crippen LogP contribution >= 0.6 is 0 Å². The van der Waals surface area contributed by atoms with E-state index in [1.54, 1.807) is 0 Å². The van der Waals surface area contributed by atoms with Crippen molar-refractivity contribution in [2.45, 2.75) is 13.5 Å². The minimum absolute atomic E-state index is 0.0858. The Labute approximate surface area is 173 Å². The first kappa shape index (κ1) is 18.2. The largest absolute Gasteiger partial charge is 0.392 e.